The molecule has 0 radical (unpaired) electrons. The molecule has 1 aromatic heterocycles. The fraction of sp³-hybridized carbons (Fsp3) is 0. The monoisotopic (exact) mass is 380 g/mol. The Labute approximate surface area is 139 Å². The standard InChI is InChI=1S/C15H10BrClN2O3/c16-11-5-10(12(20)6-13(11)21)15-14(7-18-19-15)22-9-3-1-8(17)2-4-9/h1-7,20-21H,(H,18,19). The van der Waals surface area contributed by atoms with Crippen molar-refractivity contribution < 1.29 is 14.9 Å². The maximum Gasteiger partial charge on any atom is 0.173 e. The summed E-state index contributed by atoms with van der Waals surface area (Å²) in [5, 5.41) is 26.9. The predicted molar refractivity (Wildman–Crippen MR) is 86.6 cm³/mol. The summed E-state index contributed by atoms with van der Waals surface area (Å²) in [4.78, 5) is 0. The maximum atomic E-state index is 10.0. The molecular formula is C15H10BrClN2O3. The number of aromatic nitrogens is 2. The van der Waals surface area contributed by atoms with Gasteiger partial charge in [-0.2, -0.15) is 5.10 Å². The predicted octanol–water partition coefficient (Wildman–Crippen LogP) is 4.70. The second kappa shape index (κ2) is 5.90. The molecule has 0 spiro atoms. The number of halogens is 2. The van der Waals surface area contributed by atoms with Gasteiger partial charge in [-0.15, -0.1) is 0 Å². The fourth-order valence-corrected chi connectivity index (χ4v) is 2.40. The van der Waals surface area contributed by atoms with Gasteiger partial charge in [0.05, 0.1) is 10.7 Å². The first-order chi connectivity index (χ1) is 10.5. The van der Waals surface area contributed by atoms with Crippen LogP contribution in [0.2, 0.25) is 5.02 Å². The van der Waals surface area contributed by atoms with Crippen molar-refractivity contribution in [2.45, 2.75) is 0 Å². The molecule has 0 unspecified atom stereocenters. The zero-order valence-electron chi connectivity index (χ0n) is 11.0. The van der Waals surface area contributed by atoms with Crippen LogP contribution in [0.15, 0.2) is 47.1 Å². The van der Waals surface area contributed by atoms with Crippen molar-refractivity contribution in [2.24, 2.45) is 0 Å². The zero-order chi connectivity index (χ0) is 15.7. The number of nitrogens with one attached hydrogen (secondary N) is 1. The molecule has 0 bridgehead atoms. The van der Waals surface area contributed by atoms with E-state index < -0.39 is 0 Å². The first-order valence-electron chi connectivity index (χ1n) is 6.23. The Kier molecular flexibility index (Phi) is 3.96. The van der Waals surface area contributed by atoms with Crippen molar-refractivity contribution in [1.82, 2.24) is 10.2 Å². The molecule has 0 amide bonds. The van der Waals surface area contributed by atoms with E-state index in [1.807, 2.05) is 0 Å². The molecule has 0 aliphatic carbocycles. The van der Waals surface area contributed by atoms with Crippen LogP contribution in [0.1, 0.15) is 0 Å². The summed E-state index contributed by atoms with van der Waals surface area (Å²) in [7, 11) is 0. The molecule has 0 saturated heterocycles. The second-order valence-corrected chi connectivity index (χ2v) is 5.78. The van der Waals surface area contributed by atoms with Gasteiger partial charge in [-0.25, -0.2) is 0 Å². The molecule has 0 aliphatic heterocycles. The molecule has 0 saturated carbocycles. The number of phenols is 2. The SMILES string of the molecule is Oc1cc(O)c(-c2[nH]ncc2Oc2ccc(Cl)cc2)cc1Br. The fourth-order valence-electron chi connectivity index (χ4n) is 1.93. The van der Waals surface area contributed by atoms with Crippen LogP contribution in [-0.2, 0) is 0 Å². The zero-order valence-corrected chi connectivity index (χ0v) is 13.4. The minimum atomic E-state index is -0.0918. The van der Waals surface area contributed by atoms with E-state index in [9.17, 15) is 10.2 Å². The van der Waals surface area contributed by atoms with E-state index in [1.165, 1.54) is 12.3 Å². The molecule has 112 valence electrons. The Morgan fingerprint density at radius 3 is 2.55 bits per heavy atom. The summed E-state index contributed by atoms with van der Waals surface area (Å²) in [6.07, 6.45) is 1.50. The first-order valence-corrected chi connectivity index (χ1v) is 7.40. The molecule has 22 heavy (non-hydrogen) atoms. The number of ether oxygens (including phenoxy) is 1. The van der Waals surface area contributed by atoms with Gasteiger partial charge in [0.2, 0.25) is 0 Å². The van der Waals surface area contributed by atoms with E-state index in [0.717, 1.165) is 0 Å². The summed E-state index contributed by atoms with van der Waals surface area (Å²) < 4.78 is 6.19. The van der Waals surface area contributed by atoms with Gasteiger partial charge in [0.25, 0.3) is 0 Å². The Bertz CT molecular complexity index is 818. The summed E-state index contributed by atoms with van der Waals surface area (Å²) in [5.74, 6) is 0.881. The summed E-state index contributed by atoms with van der Waals surface area (Å²) >= 11 is 9.05. The smallest absolute Gasteiger partial charge is 0.173 e. The molecule has 3 aromatic rings. The largest absolute Gasteiger partial charge is 0.507 e. The number of H-pyrrole nitrogens is 1. The van der Waals surface area contributed by atoms with Gasteiger partial charge >= 0.3 is 0 Å². The van der Waals surface area contributed by atoms with Crippen LogP contribution in [0.4, 0.5) is 0 Å². The number of nitrogens with zero attached hydrogens (tertiary/aromatic N) is 1. The molecule has 0 fully saturated rings. The van der Waals surface area contributed by atoms with E-state index in [2.05, 4.69) is 26.1 Å². The number of aromatic amines is 1. The molecular weight excluding hydrogens is 372 g/mol. The highest BCUT2D eigenvalue weighted by molar-refractivity contribution is 9.10. The van der Waals surface area contributed by atoms with Gasteiger partial charge in [0.1, 0.15) is 22.9 Å². The third-order valence-electron chi connectivity index (χ3n) is 2.98. The lowest BCUT2D eigenvalue weighted by atomic mass is 10.1. The Morgan fingerprint density at radius 1 is 1.09 bits per heavy atom. The van der Waals surface area contributed by atoms with E-state index in [1.54, 1.807) is 30.3 Å². The van der Waals surface area contributed by atoms with Gasteiger partial charge < -0.3 is 14.9 Å². The van der Waals surface area contributed by atoms with Crippen molar-refractivity contribution in [1.29, 1.82) is 0 Å². The third-order valence-corrected chi connectivity index (χ3v) is 3.87. The van der Waals surface area contributed by atoms with Crippen LogP contribution in [0.25, 0.3) is 11.3 Å². The van der Waals surface area contributed by atoms with Crippen LogP contribution >= 0.6 is 27.5 Å². The van der Waals surface area contributed by atoms with E-state index in [4.69, 9.17) is 16.3 Å². The van der Waals surface area contributed by atoms with Crippen LogP contribution in [0, 0.1) is 0 Å². The highest BCUT2D eigenvalue weighted by Gasteiger charge is 2.16. The van der Waals surface area contributed by atoms with Gasteiger partial charge in [-0.05, 0) is 46.3 Å². The average molecular weight is 382 g/mol. The van der Waals surface area contributed by atoms with Gasteiger partial charge in [0.15, 0.2) is 5.75 Å². The van der Waals surface area contributed by atoms with Crippen LogP contribution in [0.3, 0.4) is 0 Å². The van der Waals surface area contributed by atoms with Crippen LogP contribution in [0.5, 0.6) is 23.0 Å². The van der Waals surface area contributed by atoms with Crippen molar-refractivity contribution in [3.05, 3.63) is 52.1 Å². The second-order valence-electron chi connectivity index (χ2n) is 4.49. The lowest BCUT2D eigenvalue weighted by Gasteiger charge is -2.09. The number of benzene rings is 2. The molecule has 7 heteroatoms. The number of rotatable bonds is 3. The molecule has 5 nitrogen and oxygen atoms in total. The summed E-state index contributed by atoms with van der Waals surface area (Å²) in [6, 6.07) is 9.70. The van der Waals surface area contributed by atoms with Crippen LogP contribution < -0.4 is 4.74 Å². The lowest BCUT2D eigenvalue weighted by molar-refractivity contribution is 0.448. The van der Waals surface area contributed by atoms with Crippen LogP contribution in [-0.4, -0.2) is 20.4 Å². The topological polar surface area (TPSA) is 78.4 Å². The van der Waals surface area contributed by atoms with Gasteiger partial charge in [-0.1, -0.05) is 11.6 Å². The van der Waals surface area contributed by atoms with Gasteiger partial charge in [0, 0.05) is 16.7 Å². The molecule has 0 atom stereocenters. The van der Waals surface area contributed by atoms with Crippen molar-refractivity contribution in [3.63, 3.8) is 0 Å². The van der Waals surface area contributed by atoms with E-state index in [0.29, 0.717) is 32.3 Å². The Balaban J connectivity index is 1.99. The van der Waals surface area contributed by atoms with Crippen molar-refractivity contribution >= 4 is 27.5 Å². The number of phenolic OH excluding ortho intramolecular Hbond substituents is 2. The molecule has 0 aliphatic rings. The summed E-state index contributed by atoms with van der Waals surface area (Å²) in [6.45, 7) is 0. The quantitative estimate of drug-likeness (QED) is 0.614. The lowest BCUT2D eigenvalue weighted by Crippen LogP contribution is -1.87. The normalized spacial score (nSPS) is 10.6. The number of aromatic hydroxyl groups is 2. The third kappa shape index (κ3) is 2.88. The average Bonchev–Trinajstić information content (AvgIpc) is 2.93. The molecule has 3 N–H and O–H groups in total. The molecule has 3 rings (SSSR count). The van der Waals surface area contributed by atoms with Crippen molar-refractivity contribution in [3.8, 4) is 34.3 Å². The van der Waals surface area contributed by atoms with E-state index in [-0.39, 0.29) is 11.5 Å². The first kappa shape index (κ1) is 14.7. The van der Waals surface area contributed by atoms with E-state index >= 15 is 0 Å². The minimum Gasteiger partial charge on any atom is -0.507 e. The minimum absolute atomic E-state index is 0.0547. The maximum absolute atomic E-state index is 10.0. The number of hydrogen-bond donors (Lipinski definition) is 3. The highest BCUT2D eigenvalue weighted by Crippen LogP contribution is 2.40. The molecule has 1 heterocycles. The molecule has 2 aromatic carbocycles. The Morgan fingerprint density at radius 2 is 1.82 bits per heavy atom. The Hall–Kier alpha value is -2.18. The van der Waals surface area contributed by atoms with Gasteiger partial charge in [-0.3, -0.25) is 5.10 Å². The van der Waals surface area contributed by atoms with Crippen molar-refractivity contribution in [2.75, 3.05) is 0 Å². The highest BCUT2D eigenvalue weighted by atomic mass is 79.9. The summed E-state index contributed by atoms with van der Waals surface area (Å²) in [5.41, 5.74) is 0.944. The number of hydrogen-bond acceptors (Lipinski definition) is 4.